The first kappa shape index (κ1) is 14.6. The Kier molecular flexibility index (Phi) is 4.42. The smallest absolute Gasteiger partial charge is 0.223 e. The minimum Gasteiger partial charge on any atom is -0.356 e. The third kappa shape index (κ3) is 3.18. The molecule has 2 rings (SSSR count). The Hall–Kier alpha value is -1.84. The molecule has 1 aromatic rings. The van der Waals surface area contributed by atoms with E-state index in [9.17, 15) is 9.59 Å². The van der Waals surface area contributed by atoms with Gasteiger partial charge in [0.15, 0.2) is 0 Å². The lowest BCUT2D eigenvalue weighted by Crippen LogP contribution is -2.31. The van der Waals surface area contributed by atoms with E-state index in [0.29, 0.717) is 25.4 Å². The van der Waals surface area contributed by atoms with Crippen LogP contribution < -0.4 is 10.2 Å². The van der Waals surface area contributed by atoms with Gasteiger partial charge in [-0.25, -0.2) is 0 Å². The lowest BCUT2D eigenvalue weighted by atomic mass is 9.97. The average Bonchev–Trinajstić information content (AvgIpc) is 2.76. The SMILES string of the molecule is CC(=O)N1CC(CC(=O)NCC(C)C)c2ccccc21. The van der Waals surface area contributed by atoms with E-state index < -0.39 is 0 Å². The average molecular weight is 274 g/mol. The van der Waals surface area contributed by atoms with Crippen LogP contribution in [0.15, 0.2) is 24.3 Å². The van der Waals surface area contributed by atoms with Crippen molar-refractivity contribution in [1.82, 2.24) is 5.32 Å². The highest BCUT2D eigenvalue weighted by molar-refractivity contribution is 5.94. The fourth-order valence-corrected chi connectivity index (χ4v) is 2.58. The summed E-state index contributed by atoms with van der Waals surface area (Å²) in [5.41, 5.74) is 2.05. The fourth-order valence-electron chi connectivity index (χ4n) is 2.58. The maximum absolute atomic E-state index is 12.0. The summed E-state index contributed by atoms with van der Waals surface area (Å²) in [5.74, 6) is 0.636. The van der Waals surface area contributed by atoms with Crippen LogP contribution in [0.4, 0.5) is 5.69 Å². The second-order valence-corrected chi connectivity index (χ2v) is 5.79. The van der Waals surface area contributed by atoms with Gasteiger partial charge in [0.2, 0.25) is 11.8 Å². The molecule has 1 unspecified atom stereocenters. The van der Waals surface area contributed by atoms with Crippen LogP contribution in [0.25, 0.3) is 0 Å². The minimum absolute atomic E-state index is 0.0301. The molecule has 0 saturated carbocycles. The van der Waals surface area contributed by atoms with Gasteiger partial charge >= 0.3 is 0 Å². The quantitative estimate of drug-likeness (QED) is 0.916. The topological polar surface area (TPSA) is 49.4 Å². The van der Waals surface area contributed by atoms with E-state index in [1.807, 2.05) is 24.3 Å². The van der Waals surface area contributed by atoms with Gasteiger partial charge in [0.05, 0.1) is 0 Å². The van der Waals surface area contributed by atoms with Gasteiger partial charge in [0.25, 0.3) is 0 Å². The standard InChI is InChI=1S/C16H22N2O2/c1-11(2)9-17-16(20)8-13-10-18(12(3)19)15-7-5-4-6-14(13)15/h4-7,11,13H,8-10H2,1-3H3,(H,17,20). The monoisotopic (exact) mass is 274 g/mol. The number of nitrogens with one attached hydrogen (secondary N) is 1. The molecule has 1 atom stereocenters. The lowest BCUT2D eigenvalue weighted by molar-refractivity contribution is -0.122. The molecule has 0 spiro atoms. The van der Waals surface area contributed by atoms with E-state index in [0.717, 1.165) is 11.3 Å². The van der Waals surface area contributed by atoms with Crippen LogP contribution in [-0.2, 0) is 9.59 Å². The number of anilines is 1. The third-order valence-corrected chi connectivity index (χ3v) is 3.59. The van der Waals surface area contributed by atoms with E-state index in [1.165, 1.54) is 0 Å². The Bertz CT molecular complexity index is 511. The van der Waals surface area contributed by atoms with Crippen molar-refractivity contribution in [3.8, 4) is 0 Å². The first-order chi connectivity index (χ1) is 9.49. The largest absolute Gasteiger partial charge is 0.356 e. The number of carbonyl (C=O) groups is 2. The molecule has 0 saturated heterocycles. The molecule has 0 fully saturated rings. The molecule has 1 aromatic carbocycles. The lowest BCUT2D eigenvalue weighted by Gasteiger charge is -2.15. The highest BCUT2D eigenvalue weighted by Gasteiger charge is 2.31. The molecule has 0 aliphatic carbocycles. The molecular weight excluding hydrogens is 252 g/mol. The summed E-state index contributed by atoms with van der Waals surface area (Å²) in [6.45, 7) is 7.01. The molecule has 0 aromatic heterocycles. The molecule has 1 heterocycles. The van der Waals surface area contributed by atoms with Crippen LogP contribution in [0.1, 0.15) is 38.7 Å². The van der Waals surface area contributed by atoms with Crippen molar-refractivity contribution < 1.29 is 9.59 Å². The number of amides is 2. The number of nitrogens with zero attached hydrogens (tertiary/aromatic N) is 1. The number of hydrogen-bond acceptors (Lipinski definition) is 2. The van der Waals surface area contributed by atoms with Gasteiger partial charge in [-0.15, -0.1) is 0 Å². The van der Waals surface area contributed by atoms with Crippen molar-refractivity contribution in [1.29, 1.82) is 0 Å². The van der Waals surface area contributed by atoms with E-state index in [2.05, 4.69) is 19.2 Å². The van der Waals surface area contributed by atoms with Crippen LogP contribution in [0.5, 0.6) is 0 Å². The van der Waals surface area contributed by atoms with Crippen LogP contribution in [0.3, 0.4) is 0 Å². The van der Waals surface area contributed by atoms with Crippen LogP contribution in [0.2, 0.25) is 0 Å². The number of benzene rings is 1. The molecule has 0 bridgehead atoms. The summed E-state index contributed by atoms with van der Waals surface area (Å²) < 4.78 is 0. The molecule has 1 aliphatic heterocycles. The van der Waals surface area contributed by atoms with Gasteiger partial charge in [-0.3, -0.25) is 9.59 Å². The van der Waals surface area contributed by atoms with Crippen molar-refractivity contribution in [3.05, 3.63) is 29.8 Å². The Morgan fingerprint density at radius 1 is 1.35 bits per heavy atom. The summed E-state index contributed by atoms with van der Waals surface area (Å²) in [6.07, 6.45) is 0.438. The van der Waals surface area contributed by atoms with Gasteiger partial charge in [-0.05, 0) is 17.5 Å². The van der Waals surface area contributed by atoms with Crippen molar-refractivity contribution in [2.75, 3.05) is 18.0 Å². The molecule has 1 N–H and O–H groups in total. The van der Waals surface area contributed by atoms with Crippen molar-refractivity contribution in [3.63, 3.8) is 0 Å². The Labute approximate surface area is 120 Å². The van der Waals surface area contributed by atoms with Gasteiger partial charge in [0, 0.05) is 38.0 Å². The first-order valence-electron chi connectivity index (χ1n) is 7.12. The number of fused-ring (bicyclic) bond motifs is 1. The Morgan fingerprint density at radius 3 is 2.70 bits per heavy atom. The van der Waals surface area contributed by atoms with Gasteiger partial charge in [0.1, 0.15) is 0 Å². The number of para-hydroxylation sites is 1. The van der Waals surface area contributed by atoms with E-state index in [4.69, 9.17) is 0 Å². The highest BCUT2D eigenvalue weighted by atomic mass is 16.2. The normalized spacial score (nSPS) is 17.2. The summed E-state index contributed by atoms with van der Waals surface area (Å²) in [5, 5.41) is 2.94. The zero-order chi connectivity index (χ0) is 14.7. The molecule has 4 heteroatoms. The predicted molar refractivity (Wildman–Crippen MR) is 79.7 cm³/mol. The van der Waals surface area contributed by atoms with E-state index in [1.54, 1.807) is 11.8 Å². The molecule has 0 radical (unpaired) electrons. The third-order valence-electron chi connectivity index (χ3n) is 3.59. The maximum atomic E-state index is 12.0. The van der Waals surface area contributed by atoms with E-state index in [-0.39, 0.29) is 17.7 Å². The number of rotatable bonds is 4. The molecule has 20 heavy (non-hydrogen) atoms. The summed E-state index contributed by atoms with van der Waals surface area (Å²) in [4.78, 5) is 25.4. The van der Waals surface area contributed by atoms with E-state index >= 15 is 0 Å². The van der Waals surface area contributed by atoms with Gasteiger partial charge < -0.3 is 10.2 Å². The maximum Gasteiger partial charge on any atom is 0.223 e. The van der Waals surface area contributed by atoms with Gasteiger partial charge in [-0.2, -0.15) is 0 Å². The second-order valence-electron chi connectivity index (χ2n) is 5.79. The zero-order valence-corrected chi connectivity index (χ0v) is 12.3. The fraction of sp³-hybridized carbons (Fsp3) is 0.500. The molecule has 4 nitrogen and oxygen atoms in total. The molecule has 1 aliphatic rings. The highest BCUT2D eigenvalue weighted by Crippen LogP contribution is 2.37. The van der Waals surface area contributed by atoms with Crippen LogP contribution in [0, 0.1) is 5.92 Å². The number of carbonyl (C=O) groups excluding carboxylic acids is 2. The summed E-state index contributed by atoms with van der Waals surface area (Å²) >= 11 is 0. The predicted octanol–water partition coefficient (Wildman–Crippen LogP) is 2.30. The second kappa shape index (κ2) is 6.07. The van der Waals surface area contributed by atoms with Crippen LogP contribution >= 0.6 is 0 Å². The van der Waals surface area contributed by atoms with Crippen LogP contribution in [-0.4, -0.2) is 24.9 Å². The number of hydrogen-bond donors (Lipinski definition) is 1. The Balaban J connectivity index is 2.07. The van der Waals surface area contributed by atoms with Crippen molar-refractivity contribution in [2.24, 2.45) is 5.92 Å². The van der Waals surface area contributed by atoms with Gasteiger partial charge in [-0.1, -0.05) is 32.0 Å². The molecule has 108 valence electrons. The Morgan fingerprint density at radius 2 is 2.05 bits per heavy atom. The molecular formula is C16H22N2O2. The van der Waals surface area contributed by atoms with Crippen molar-refractivity contribution in [2.45, 2.75) is 33.1 Å². The van der Waals surface area contributed by atoms with Crippen molar-refractivity contribution >= 4 is 17.5 Å². The molecule has 2 amide bonds. The first-order valence-corrected chi connectivity index (χ1v) is 7.12. The summed E-state index contributed by atoms with van der Waals surface area (Å²) in [6, 6.07) is 7.85. The zero-order valence-electron chi connectivity index (χ0n) is 12.3. The minimum atomic E-state index is 0.0301. The summed E-state index contributed by atoms with van der Waals surface area (Å²) in [7, 11) is 0.